The number of phosphoric acid groups is 1. The second-order valence-electron chi connectivity index (χ2n) is 18.4. The number of carbonyl (C=O) groups is 2. The topological polar surface area (TPSA) is 134 Å². The molecule has 0 heterocycles. The lowest BCUT2D eigenvalue weighted by molar-refractivity contribution is -0.161. The summed E-state index contributed by atoms with van der Waals surface area (Å²) >= 11 is 0. The van der Waals surface area contributed by atoms with Crippen molar-refractivity contribution in [2.45, 2.75) is 277 Å². The Kier molecular flexibility index (Phi) is 50.2. The molecule has 2 atom stereocenters. The monoisotopic (exact) mass is 938 g/mol. The van der Waals surface area contributed by atoms with Crippen molar-refractivity contribution >= 4 is 19.8 Å². The van der Waals surface area contributed by atoms with Crippen LogP contribution in [0.3, 0.4) is 0 Å². The summed E-state index contributed by atoms with van der Waals surface area (Å²) < 4.78 is 32.9. The minimum absolute atomic E-state index is 0.0534. The molecule has 0 aliphatic heterocycles. The van der Waals surface area contributed by atoms with E-state index < -0.39 is 26.5 Å². The average Bonchev–Trinajstić information content (AvgIpc) is 3.30. The maximum atomic E-state index is 12.7. The predicted molar refractivity (Wildman–Crippen MR) is 275 cm³/mol. The molecule has 0 aliphatic rings. The van der Waals surface area contributed by atoms with E-state index in [0.717, 1.165) is 57.8 Å². The summed E-state index contributed by atoms with van der Waals surface area (Å²) in [6, 6.07) is 0. The zero-order valence-electron chi connectivity index (χ0n) is 42.5. The van der Waals surface area contributed by atoms with Crippen LogP contribution in [0.25, 0.3) is 0 Å². The molecule has 0 rings (SSSR count). The summed E-state index contributed by atoms with van der Waals surface area (Å²) in [7, 11) is -4.38. The number of rotatable bonds is 52. The molecule has 0 aromatic carbocycles. The fourth-order valence-electron chi connectivity index (χ4n) is 7.90. The largest absolute Gasteiger partial charge is 0.472 e. The smallest absolute Gasteiger partial charge is 0.462 e. The van der Waals surface area contributed by atoms with E-state index in [9.17, 15) is 19.0 Å². The van der Waals surface area contributed by atoms with Crippen LogP contribution >= 0.6 is 7.82 Å². The Morgan fingerprint density at radius 3 is 1.18 bits per heavy atom. The van der Waals surface area contributed by atoms with Gasteiger partial charge in [-0.2, -0.15) is 0 Å². The summed E-state index contributed by atoms with van der Waals surface area (Å²) in [6.45, 7) is 3.75. The number of unbranched alkanes of at least 4 members (excludes halogenated alkanes) is 33. The summed E-state index contributed by atoms with van der Waals surface area (Å²) in [5.74, 6) is -0.827. The molecule has 0 spiro atoms. The van der Waals surface area contributed by atoms with Crippen LogP contribution in [-0.2, 0) is 32.7 Å². The van der Waals surface area contributed by atoms with Gasteiger partial charge in [-0.3, -0.25) is 18.6 Å². The Balaban J connectivity index is 3.92. The summed E-state index contributed by atoms with van der Waals surface area (Å²) in [5, 5.41) is 0. The SMILES string of the molecule is CCCCCCC/C=C\C/C=C\CCCCCCCCCCCCCCCCCCCC(=O)OC(COC(=O)CCCCCCC/C=C\CCCCCCCC)COP(=O)(O)OCCN. The number of hydrogen-bond acceptors (Lipinski definition) is 8. The van der Waals surface area contributed by atoms with Crippen molar-refractivity contribution in [3.8, 4) is 0 Å². The van der Waals surface area contributed by atoms with E-state index in [2.05, 4.69) is 50.3 Å². The Morgan fingerprint density at radius 2 is 0.800 bits per heavy atom. The van der Waals surface area contributed by atoms with E-state index in [1.165, 1.54) is 180 Å². The first-order valence-corrected chi connectivity index (χ1v) is 29.0. The van der Waals surface area contributed by atoms with E-state index in [1.807, 2.05) is 0 Å². The molecule has 0 bridgehead atoms. The Labute approximate surface area is 401 Å². The van der Waals surface area contributed by atoms with Crippen LogP contribution in [0.15, 0.2) is 36.5 Å². The van der Waals surface area contributed by atoms with E-state index in [0.29, 0.717) is 6.42 Å². The maximum absolute atomic E-state index is 12.7. The van der Waals surface area contributed by atoms with Crippen LogP contribution in [0, 0.1) is 0 Å². The second-order valence-corrected chi connectivity index (χ2v) is 19.9. The summed E-state index contributed by atoms with van der Waals surface area (Å²) in [4.78, 5) is 35.1. The standard InChI is InChI=1S/C55H104NO8P/c1-3-5-7-9-11-13-15-17-19-20-21-22-23-24-25-26-27-28-29-30-31-32-34-36-38-40-42-44-46-48-55(58)64-53(52-63-65(59,60)62-50-49-56)51-61-54(57)47-45-43-41-39-37-35-33-18-16-14-12-10-8-6-4-2/h15,17-18,20-21,33,53H,3-14,16,19,22-32,34-52,56H2,1-2H3,(H,59,60)/b17-15-,21-20-,33-18-. The number of ether oxygens (including phenoxy) is 2. The molecule has 0 radical (unpaired) electrons. The molecule has 10 heteroatoms. The van der Waals surface area contributed by atoms with Crippen molar-refractivity contribution in [1.82, 2.24) is 0 Å². The van der Waals surface area contributed by atoms with Crippen LogP contribution < -0.4 is 5.73 Å². The van der Waals surface area contributed by atoms with E-state index >= 15 is 0 Å². The Bertz CT molecular complexity index is 1160. The lowest BCUT2D eigenvalue weighted by atomic mass is 10.0. The normalized spacial score (nSPS) is 13.4. The van der Waals surface area contributed by atoms with Crippen molar-refractivity contribution in [3.63, 3.8) is 0 Å². The molecule has 0 aliphatic carbocycles. The molecule has 0 fully saturated rings. The number of allylic oxidation sites excluding steroid dienone is 6. The molecule has 9 nitrogen and oxygen atoms in total. The first kappa shape index (κ1) is 63.2. The van der Waals surface area contributed by atoms with Crippen LogP contribution in [-0.4, -0.2) is 49.3 Å². The zero-order chi connectivity index (χ0) is 47.4. The van der Waals surface area contributed by atoms with Gasteiger partial charge in [0.05, 0.1) is 13.2 Å². The fourth-order valence-corrected chi connectivity index (χ4v) is 8.66. The average molecular weight is 938 g/mol. The highest BCUT2D eigenvalue weighted by molar-refractivity contribution is 7.47. The minimum Gasteiger partial charge on any atom is -0.462 e. The highest BCUT2D eigenvalue weighted by atomic mass is 31.2. The number of esters is 2. The second kappa shape index (κ2) is 51.6. The molecule has 65 heavy (non-hydrogen) atoms. The van der Waals surface area contributed by atoms with Crippen molar-refractivity contribution in [3.05, 3.63) is 36.5 Å². The van der Waals surface area contributed by atoms with Crippen LogP contribution in [0.4, 0.5) is 0 Å². The van der Waals surface area contributed by atoms with Gasteiger partial charge < -0.3 is 20.1 Å². The van der Waals surface area contributed by atoms with Crippen molar-refractivity contribution in [1.29, 1.82) is 0 Å². The fraction of sp³-hybridized carbons (Fsp3) is 0.855. The third-order valence-corrected chi connectivity index (χ3v) is 13.0. The third kappa shape index (κ3) is 51.5. The zero-order valence-corrected chi connectivity index (χ0v) is 43.4. The summed E-state index contributed by atoms with van der Waals surface area (Å²) in [5.41, 5.74) is 5.37. The predicted octanol–water partition coefficient (Wildman–Crippen LogP) is 16.8. The molecule has 2 unspecified atom stereocenters. The van der Waals surface area contributed by atoms with Gasteiger partial charge >= 0.3 is 19.8 Å². The molecule has 0 saturated heterocycles. The molecule has 0 aromatic rings. The van der Waals surface area contributed by atoms with Crippen LogP contribution in [0.5, 0.6) is 0 Å². The van der Waals surface area contributed by atoms with E-state index in [4.69, 9.17) is 24.3 Å². The van der Waals surface area contributed by atoms with Gasteiger partial charge in [-0.15, -0.1) is 0 Å². The molecular formula is C55H104NO8P. The van der Waals surface area contributed by atoms with Gasteiger partial charge in [0.25, 0.3) is 0 Å². The van der Waals surface area contributed by atoms with Gasteiger partial charge in [0.2, 0.25) is 0 Å². The Hall–Kier alpha value is -1.77. The van der Waals surface area contributed by atoms with Gasteiger partial charge in [-0.05, 0) is 70.6 Å². The van der Waals surface area contributed by atoms with Crippen molar-refractivity contribution in [2.75, 3.05) is 26.4 Å². The van der Waals surface area contributed by atoms with Gasteiger partial charge in [0.1, 0.15) is 6.61 Å². The van der Waals surface area contributed by atoms with Gasteiger partial charge in [-0.25, -0.2) is 4.57 Å². The van der Waals surface area contributed by atoms with Crippen molar-refractivity contribution < 1.29 is 37.6 Å². The molecule has 3 N–H and O–H groups in total. The number of carbonyl (C=O) groups excluding carboxylic acids is 2. The minimum atomic E-state index is -4.38. The van der Waals surface area contributed by atoms with Crippen LogP contribution in [0.1, 0.15) is 271 Å². The third-order valence-electron chi connectivity index (χ3n) is 12.0. The lowest BCUT2D eigenvalue weighted by Crippen LogP contribution is -2.29. The first-order chi connectivity index (χ1) is 31.8. The summed E-state index contributed by atoms with van der Waals surface area (Å²) in [6.07, 6.45) is 60.6. The van der Waals surface area contributed by atoms with Crippen LogP contribution in [0.2, 0.25) is 0 Å². The van der Waals surface area contributed by atoms with Gasteiger partial charge in [0.15, 0.2) is 6.10 Å². The van der Waals surface area contributed by atoms with Crippen molar-refractivity contribution in [2.24, 2.45) is 5.73 Å². The number of hydrogen-bond donors (Lipinski definition) is 2. The Morgan fingerprint density at radius 1 is 0.462 bits per heavy atom. The number of nitrogens with two attached hydrogens (primary N) is 1. The molecule has 0 saturated carbocycles. The molecule has 0 aromatic heterocycles. The quantitative estimate of drug-likeness (QED) is 0.0264. The lowest BCUT2D eigenvalue weighted by Gasteiger charge is -2.19. The highest BCUT2D eigenvalue weighted by Gasteiger charge is 2.26. The molecule has 0 amide bonds. The highest BCUT2D eigenvalue weighted by Crippen LogP contribution is 2.43. The number of phosphoric ester groups is 1. The van der Waals surface area contributed by atoms with E-state index in [-0.39, 0.29) is 38.6 Å². The molecular weight excluding hydrogens is 834 g/mol. The van der Waals surface area contributed by atoms with Gasteiger partial charge in [0, 0.05) is 19.4 Å². The maximum Gasteiger partial charge on any atom is 0.472 e. The van der Waals surface area contributed by atoms with E-state index in [1.54, 1.807) is 0 Å². The first-order valence-electron chi connectivity index (χ1n) is 27.5. The molecule has 382 valence electrons. The van der Waals surface area contributed by atoms with Gasteiger partial charge in [-0.1, -0.05) is 224 Å².